The molecule has 4 aliphatic rings. The minimum Gasteiger partial charge on any atom is -1.00 e. The predicted octanol–water partition coefficient (Wildman–Crippen LogP) is 2.74. The molecule has 0 N–H and O–H groups in total. The van der Waals surface area contributed by atoms with Gasteiger partial charge in [-0.2, -0.15) is 0 Å². The molecule has 0 fully saturated rings. The molecule has 3 aromatic rings. The van der Waals surface area contributed by atoms with Crippen LogP contribution >= 0.6 is 11.3 Å². The van der Waals surface area contributed by atoms with Crippen LogP contribution in [0.3, 0.4) is 0 Å². The molecule has 0 amide bonds. The second-order valence-corrected chi connectivity index (χ2v) is 16.9. The zero-order valence-corrected chi connectivity index (χ0v) is 26.3. The van der Waals surface area contributed by atoms with Crippen molar-refractivity contribution in [2.24, 2.45) is 0 Å². The molecule has 7 rings (SSSR count). The summed E-state index contributed by atoms with van der Waals surface area (Å²) in [6.45, 7) is 11.8. The number of allylic oxidation sites excluding steroid dienone is 2. The minimum atomic E-state index is -0.972. The summed E-state index contributed by atoms with van der Waals surface area (Å²) in [6.07, 6.45) is 4.76. The summed E-state index contributed by atoms with van der Waals surface area (Å²) in [5.41, 5.74) is 12.8. The Balaban J connectivity index is 0.000000199. The Labute approximate surface area is 237 Å². The van der Waals surface area contributed by atoms with Crippen LogP contribution in [0.5, 0.6) is 0 Å². The van der Waals surface area contributed by atoms with Crippen molar-refractivity contribution in [2.45, 2.75) is 55.9 Å². The van der Waals surface area contributed by atoms with Crippen LogP contribution in [-0.4, -0.2) is 8.07 Å². The van der Waals surface area contributed by atoms with Crippen LogP contribution in [-0.2, 0) is 31.1 Å². The summed E-state index contributed by atoms with van der Waals surface area (Å²) in [5, 5.41) is 4.01. The number of rotatable bonds is 3. The number of halogens is 2. The molecule has 2 atom stereocenters. The Morgan fingerprint density at radius 3 is 2.26 bits per heavy atom. The molecule has 175 valence electrons. The van der Waals surface area contributed by atoms with Crippen molar-refractivity contribution < 1.29 is 49.5 Å². The van der Waals surface area contributed by atoms with Crippen molar-refractivity contribution in [3.8, 4) is 11.1 Å². The second kappa shape index (κ2) is 10.7. The molecule has 0 saturated carbocycles. The van der Waals surface area contributed by atoms with Crippen molar-refractivity contribution in [3.05, 3.63) is 92.2 Å². The van der Waals surface area contributed by atoms with Gasteiger partial charge in [0.2, 0.25) is 0 Å². The van der Waals surface area contributed by atoms with Crippen molar-refractivity contribution in [3.63, 3.8) is 0 Å². The van der Waals surface area contributed by atoms with Gasteiger partial charge in [0, 0.05) is 10.4 Å². The normalized spacial score (nSPS) is 20.1. The fourth-order valence-electron chi connectivity index (χ4n) is 6.04. The first-order valence-electron chi connectivity index (χ1n) is 11.7. The van der Waals surface area contributed by atoms with Gasteiger partial charge in [0.15, 0.2) is 0 Å². The summed E-state index contributed by atoms with van der Waals surface area (Å²) in [7, 11) is -0.972. The first-order chi connectivity index (χ1) is 15.3. The van der Waals surface area contributed by atoms with Gasteiger partial charge >= 0.3 is 137 Å². The van der Waals surface area contributed by atoms with Gasteiger partial charge in [0.1, 0.15) is 0 Å². The number of aryl methyl sites for hydroxylation is 1. The molecule has 0 nitrogen and oxygen atoms in total. The Hall–Kier alpha value is -0.700. The molecule has 5 heteroatoms. The van der Waals surface area contributed by atoms with Gasteiger partial charge in [-0.15, -0.1) is 11.3 Å². The van der Waals surface area contributed by atoms with Crippen molar-refractivity contribution in [1.29, 1.82) is 0 Å². The van der Waals surface area contributed by atoms with Gasteiger partial charge in [-0.3, -0.25) is 0 Å². The smallest absolute Gasteiger partial charge is 1.00 e. The number of benzene rings is 2. The van der Waals surface area contributed by atoms with Crippen LogP contribution in [0.15, 0.2) is 65.1 Å². The van der Waals surface area contributed by atoms with E-state index in [1.54, 1.807) is 45.9 Å². The third-order valence-electron chi connectivity index (χ3n) is 7.50. The molecule has 34 heavy (non-hydrogen) atoms. The zero-order valence-electron chi connectivity index (χ0n) is 20.5. The van der Waals surface area contributed by atoms with E-state index >= 15 is 0 Å². The van der Waals surface area contributed by atoms with Crippen LogP contribution in [0.2, 0.25) is 13.1 Å². The fourth-order valence-corrected chi connectivity index (χ4v) is 13.2. The van der Waals surface area contributed by atoms with E-state index < -0.39 is 8.07 Å². The van der Waals surface area contributed by atoms with Crippen LogP contribution < -0.4 is 24.8 Å². The average Bonchev–Trinajstić information content (AvgIpc) is 3.46. The molecular weight excluding hydrogens is 571 g/mol. The van der Waals surface area contributed by atoms with E-state index in [4.69, 9.17) is 0 Å². The third-order valence-corrected chi connectivity index (χ3v) is 14.7. The van der Waals surface area contributed by atoms with Gasteiger partial charge in [-0.25, -0.2) is 0 Å². The van der Waals surface area contributed by atoms with Crippen LogP contribution in [0.4, 0.5) is 0 Å². The number of hydrogen-bond acceptors (Lipinski definition) is 1. The van der Waals surface area contributed by atoms with Crippen molar-refractivity contribution in [2.75, 3.05) is 0 Å². The molecule has 2 aromatic carbocycles. The quantitative estimate of drug-likeness (QED) is 0.406. The van der Waals surface area contributed by atoms with E-state index in [2.05, 4.69) is 93.9 Å². The van der Waals surface area contributed by atoms with Gasteiger partial charge < -0.3 is 24.8 Å². The molecule has 3 heterocycles. The summed E-state index contributed by atoms with van der Waals surface area (Å²) in [4.78, 5) is 1.68. The maximum absolute atomic E-state index is 2.51. The molecular formula is C29H31Cl2SSiZr. The summed E-state index contributed by atoms with van der Waals surface area (Å²) in [6, 6.07) is 18.2. The molecule has 2 aliphatic heterocycles. The zero-order chi connectivity index (χ0) is 22.6. The standard InChI is InChI=1S/C19H19.C10H12SSi.2ClH.Zr/c1-3-5-15-8-10-16(11-9-15)18-7-4-6-17-12-14(2)13-19(17)18;1-6-9-7-4-5-11-8(7)10(6)12(9,2)3;;;/h4,6-13H,3,5H2,1-2H3;4-5,10H,1-3H3;2*1H;/q;;;;+2/p-2. The van der Waals surface area contributed by atoms with E-state index in [-0.39, 0.29) is 24.8 Å². The van der Waals surface area contributed by atoms with Gasteiger partial charge in [-0.05, 0) is 23.9 Å². The number of thiophene rings is 1. The van der Waals surface area contributed by atoms with E-state index in [0.717, 1.165) is 5.54 Å². The van der Waals surface area contributed by atoms with Crippen molar-refractivity contribution in [1.82, 2.24) is 0 Å². The predicted molar refractivity (Wildman–Crippen MR) is 139 cm³/mol. The van der Waals surface area contributed by atoms with Crippen molar-refractivity contribution >= 4 is 30.7 Å². The largest absolute Gasteiger partial charge is 1.00 e. The van der Waals surface area contributed by atoms with Gasteiger partial charge in [0.05, 0.1) is 8.07 Å². The van der Waals surface area contributed by atoms with Gasteiger partial charge in [-0.1, -0.05) is 23.9 Å². The van der Waals surface area contributed by atoms with Gasteiger partial charge in [0.25, 0.3) is 0 Å². The third kappa shape index (κ3) is 4.46. The second-order valence-electron chi connectivity index (χ2n) is 9.99. The maximum Gasteiger partial charge on any atom is -1.00 e. The molecule has 1 aromatic heterocycles. The summed E-state index contributed by atoms with van der Waals surface area (Å²) in [5.74, 6) is 0. The summed E-state index contributed by atoms with van der Waals surface area (Å²) < 4.78 is 0.650. The Bertz CT molecular complexity index is 1250. The Morgan fingerprint density at radius 1 is 0.941 bits per heavy atom. The first-order valence-corrected chi connectivity index (χ1v) is 17.1. The molecule has 0 spiro atoms. The molecule has 2 bridgehead atoms. The Kier molecular flexibility index (Phi) is 8.80. The SMILES string of the molecule is CC1=C2c3ccsc3C1[Si]2(C)C.CCCc1ccc(-c2cccc3c2C=C(C)[CH]3[Zr+2])cc1.[Cl-].[Cl-]. The van der Waals surface area contributed by atoms with E-state index in [1.165, 1.54) is 46.2 Å². The minimum absolute atomic E-state index is 0. The van der Waals surface area contributed by atoms with Crippen LogP contribution in [0.25, 0.3) is 22.4 Å². The topological polar surface area (TPSA) is 0 Å². The molecule has 2 aliphatic carbocycles. The van der Waals surface area contributed by atoms with E-state index in [1.807, 2.05) is 11.3 Å². The van der Waals surface area contributed by atoms with Crippen LogP contribution in [0.1, 0.15) is 63.5 Å². The van der Waals surface area contributed by atoms with E-state index in [0.29, 0.717) is 3.63 Å². The molecule has 0 radical (unpaired) electrons. The van der Waals surface area contributed by atoms with Crippen LogP contribution in [0, 0.1) is 0 Å². The van der Waals surface area contributed by atoms with E-state index in [9.17, 15) is 0 Å². The maximum atomic E-state index is 2.51. The number of fused-ring (bicyclic) bond motifs is 1. The number of hydrogen-bond donors (Lipinski definition) is 0. The molecule has 2 unspecified atom stereocenters. The first kappa shape index (κ1) is 27.9. The molecule has 0 saturated heterocycles. The summed E-state index contributed by atoms with van der Waals surface area (Å²) >= 11 is 3.55. The monoisotopic (exact) mass is 599 g/mol. The fraction of sp³-hybridized carbons (Fsp3) is 0.310. The Morgan fingerprint density at radius 2 is 1.65 bits per heavy atom. The average molecular weight is 602 g/mol.